The summed E-state index contributed by atoms with van der Waals surface area (Å²) in [5.41, 5.74) is 0.180. The van der Waals surface area contributed by atoms with E-state index in [1.165, 1.54) is 11.0 Å². The maximum Gasteiger partial charge on any atom is 0.317 e. The normalized spacial score (nSPS) is 22.5. The van der Waals surface area contributed by atoms with Gasteiger partial charge >= 0.3 is 12.0 Å². The fraction of sp³-hybridized carbons (Fsp3) is 0.500. The van der Waals surface area contributed by atoms with Gasteiger partial charge in [-0.25, -0.2) is 13.6 Å². The third-order valence-electron chi connectivity index (χ3n) is 4.07. The topological polar surface area (TPSA) is 69.6 Å². The zero-order valence-corrected chi connectivity index (χ0v) is 13.1. The van der Waals surface area contributed by atoms with Gasteiger partial charge in [0.1, 0.15) is 11.6 Å². The van der Waals surface area contributed by atoms with Crippen LogP contribution in [0.3, 0.4) is 0 Å². The van der Waals surface area contributed by atoms with Crippen LogP contribution in [-0.4, -0.2) is 35.1 Å². The van der Waals surface area contributed by atoms with Crippen LogP contribution in [0.5, 0.6) is 0 Å². The third-order valence-corrected chi connectivity index (χ3v) is 4.07. The molecule has 23 heavy (non-hydrogen) atoms. The highest BCUT2D eigenvalue weighted by molar-refractivity contribution is 5.77. The molecule has 0 radical (unpaired) electrons. The third kappa shape index (κ3) is 4.18. The highest BCUT2D eigenvalue weighted by Crippen LogP contribution is 2.23. The molecule has 2 unspecified atom stereocenters. The average molecular weight is 326 g/mol. The van der Waals surface area contributed by atoms with Gasteiger partial charge in [0.2, 0.25) is 0 Å². The second kappa shape index (κ2) is 6.93. The number of rotatable bonds is 3. The summed E-state index contributed by atoms with van der Waals surface area (Å²) in [6.45, 7) is 4.06. The quantitative estimate of drug-likeness (QED) is 0.897. The number of carboxylic acid groups (broad SMARTS) is 1. The van der Waals surface area contributed by atoms with Crippen LogP contribution < -0.4 is 5.32 Å². The number of benzene rings is 1. The number of carbonyl (C=O) groups excluding carboxylic acids is 1. The van der Waals surface area contributed by atoms with Crippen molar-refractivity contribution in [3.63, 3.8) is 0 Å². The first-order valence-corrected chi connectivity index (χ1v) is 7.51. The summed E-state index contributed by atoms with van der Waals surface area (Å²) in [7, 11) is 0. The number of hydrogen-bond donors (Lipinski definition) is 2. The van der Waals surface area contributed by atoms with E-state index in [0.717, 1.165) is 12.1 Å². The summed E-state index contributed by atoms with van der Waals surface area (Å²) in [5, 5.41) is 11.8. The number of nitrogens with zero attached hydrogens (tertiary/aromatic N) is 1. The molecule has 1 aromatic rings. The molecule has 7 heteroatoms. The lowest BCUT2D eigenvalue weighted by atomic mass is 9.91. The molecular formula is C16H20F2N2O3. The molecule has 0 aromatic heterocycles. The molecule has 0 aliphatic carbocycles. The summed E-state index contributed by atoms with van der Waals surface area (Å²) < 4.78 is 26.7. The summed E-state index contributed by atoms with van der Waals surface area (Å²) in [5.74, 6) is -2.85. The Balaban J connectivity index is 2.04. The van der Waals surface area contributed by atoms with Crippen molar-refractivity contribution >= 4 is 12.0 Å². The predicted octanol–water partition coefficient (Wildman–Crippen LogP) is 2.78. The van der Waals surface area contributed by atoms with Crippen LogP contribution in [0.1, 0.15) is 31.9 Å². The highest BCUT2D eigenvalue weighted by Gasteiger charge is 2.32. The fourth-order valence-corrected chi connectivity index (χ4v) is 2.90. The van der Waals surface area contributed by atoms with Gasteiger partial charge in [0.05, 0.1) is 12.0 Å². The molecule has 1 saturated heterocycles. The first-order valence-electron chi connectivity index (χ1n) is 7.51. The van der Waals surface area contributed by atoms with E-state index in [2.05, 4.69) is 5.32 Å². The average Bonchev–Trinajstić information content (AvgIpc) is 2.46. The lowest BCUT2D eigenvalue weighted by Crippen LogP contribution is -2.50. The monoisotopic (exact) mass is 326 g/mol. The number of piperidine rings is 1. The van der Waals surface area contributed by atoms with Crippen LogP contribution in [-0.2, 0) is 4.79 Å². The summed E-state index contributed by atoms with van der Waals surface area (Å²) >= 11 is 0. The Kier molecular flexibility index (Phi) is 5.18. The van der Waals surface area contributed by atoms with Gasteiger partial charge in [0, 0.05) is 24.7 Å². The SMILES string of the molecule is CC1CC(C(=O)O)CN(C(=O)N[C@H](C)c2ccc(F)cc2F)C1. The molecule has 0 saturated carbocycles. The van der Waals surface area contributed by atoms with Crippen molar-refractivity contribution in [1.82, 2.24) is 10.2 Å². The number of carboxylic acids is 1. The number of aliphatic carboxylic acids is 1. The molecule has 2 amide bonds. The highest BCUT2D eigenvalue weighted by atomic mass is 19.1. The maximum absolute atomic E-state index is 13.7. The molecule has 126 valence electrons. The Hall–Kier alpha value is -2.18. The fourth-order valence-electron chi connectivity index (χ4n) is 2.90. The Morgan fingerprint density at radius 2 is 2.04 bits per heavy atom. The Morgan fingerprint density at radius 3 is 2.65 bits per heavy atom. The van der Waals surface area contributed by atoms with Gasteiger partial charge in [0.25, 0.3) is 0 Å². The molecule has 1 fully saturated rings. The van der Waals surface area contributed by atoms with Crippen LogP contribution in [0.4, 0.5) is 13.6 Å². The first-order chi connectivity index (χ1) is 10.8. The summed E-state index contributed by atoms with van der Waals surface area (Å²) in [6, 6.07) is 2.09. The molecule has 1 aromatic carbocycles. The molecule has 3 atom stereocenters. The summed E-state index contributed by atoms with van der Waals surface area (Å²) in [4.78, 5) is 24.9. The number of urea groups is 1. The van der Waals surface area contributed by atoms with E-state index < -0.39 is 35.6 Å². The van der Waals surface area contributed by atoms with E-state index in [-0.39, 0.29) is 18.0 Å². The molecule has 2 N–H and O–H groups in total. The number of nitrogens with one attached hydrogen (secondary N) is 1. The largest absolute Gasteiger partial charge is 0.481 e. The van der Waals surface area contributed by atoms with E-state index >= 15 is 0 Å². The molecule has 1 heterocycles. The van der Waals surface area contributed by atoms with Gasteiger partial charge in [-0.3, -0.25) is 4.79 Å². The molecule has 2 rings (SSSR count). The van der Waals surface area contributed by atoms with E-state index in [0.29, 0.717) is 13.0 Å². The Morgan fingerprint density at radius 1 is 1.35 bits per heavy atom. The van der Waals surface area contributed by atoms with Crippen molar-refractivity contribution in [2.75, 3.05) is 13.1 Å². The van der Waals surface area contributed by atoms with Crippen LogP contribution in [0.15, 0.2) is 18.2 Å². The maximum atomic E-state index is 13.7. The van der Waals surface area contributed by atoms with Crippen molar-refractivity contribution in [1.29, 1.82) is 0 Å². The minimum absolute atomic E-state index is 0.0773. The van der Waals surface area contributed by atoms with Crippen molar-refractivity contribution < 1.29 is 23.5 Å². The van der Waals surface area contributed by atoms with Crippen LogP contribution in [0.25, 0.3) is 0 Å². The number of likely N-dealkylation sites (tertiary alicyclic amines) is 1. The van der Waals surface area contributed by atoms with E-state index in [4.69, 9.17) is 5.11 Å². The lowest BCUT2D eigenvalue weighted by Gasteiger charge is -2.35. The minimum atomic E-state index is -0.924. The lowest BCUT2D eigenvalue weighted by molar-refractivity contribution is -0.143. The molecule has 0 bridgehead atoms. The van der Waals surface area contributed by atoms with Crippen molar-refractivity contribution in [3.05, 3.63) is 35.4 Å². The van der Waals surface area contributed by atoms with Gasteiger partial charge in [-0.1, -0.05) is 13.0 Å². The number of hydrogen-bond acceptors (Lipinski definition) is 2. The number of amides is 2. The Labute approximate surface area is 133 Å². The second-order valence-electron chi connectivity index (χ2n) is 6.12. The van der Waals surface area contributed by atoms with Gasteiger partial charge in [0.15, 0.2) is 0 Å². The zero-order chi connectivity index (χ0) is 17.1. The van der Waals surface area contributed by atoms with Gasteiger partial charge in [-0.2, -0.15) is 0 Å². The second-order valence-corrected chi connectivity index (χ2v) is 6.12. The van der Waals surface area contributed by atoms with E-state index in [9.17, 15) is 18.4 Å². The minimum Gasteiger partial charge on any atom is -0.481 e. The predicted molar refractivity (Wildman–Crippen MR) is 79.8 cm³/mol. The summed E-state index contributed by atoms with van der Waals surface area (Å²) in [6.07, 6.45) is 0.529. The standard InChI is InChI=1S/C16H20F2N2O3/c1-9-5-11(15(21)22)8-20(7-9)16(23)19-10(2)13-4-3-12(17)6-14(13)18/h3-4,6,9-11H,5,7-8H2,1-2H3,(H,19,23)(H,21,22)/t9?,10-,11?/m1/s1. The Bertz CT molecular complexity index is 609. The van der Waals surface area contributed by atoms with Crippen molar-refractivity contribution in [2.24, 2.45) is 11.8 Å². The van der Waals surface area contributed by atoms with Crippen molar-refractivity contribution in [2.45, 2.75) is 26.3 Å². The molecule has 1 aliphatic rings. The number of carbonyl (C=O) groups is 2. The van der Waals surface area contributed by atoms with Crippen LogP contribution >= 0.6 is 0 Å². The van der Waals surface area contributed by atoms with Gasteiger partial charge in [-0.05, 0) is 25.3 Å². The zero-order valence-electron chi connectivity index (χ0n) is 13.1. The van der Waals surface area contributed by atoms with Crippen LogP contribution in [0.2, 0.25) is 0 Å². The smallest absolute Gasteiger partial charge is 0.317 e. The molecule has 0 spiro atoms. The van der Waals surface area contributed by atoms with Crippen molar-refractivity contribution in [3.8, 4) is 0 Å². The number of halogens is 2. The van der Waals surface area contributed by atoms with Crippen LogP contribution in [0, 0.1) is 23.5 Å². The van der Waals surface area contributed by atoms with E-state index in [1.807, 2.05) is 6.92 Å². The molecular weight excluding hydrogens is 306 g/mol. The van der Waals surface area contributed by atoms with E-state index in [1.54, 1.807) is 6.92 Å². The molecule has 5 nitrogen and oxygen atoms in total. The van der Waals surface area contributed by atoms with Gasteiger partial charge < -0.3 is 15.3 Å². The van der Waals surface area contributed by atoms with Gasteiger partial charge in [-0.15, -0.1) is 0 Å². The molecule has 1 aliphatic heterocycles. The first kappa shape index (κ1) is 17.2.